The maximum Gasteiger partial charge on any atom is 0.349 e. The van der Waals surface area contributed by atoms with Gasteiger partial charge in [0.25, 0.3) is 5.95 Å². The second-order valence-corrected chi connectivity index (χ2v) is 7.51. The number of rotatable bonds is 5. The van der Waals surface area contributed by atoms with Crippen LogP contribution in [0, 0.1) is 0 Å². The zero-order valence-corrected chi connectivity index (χ0v) is 13.3. The summed E-state index contributed by atoms with van der Waals surface area (Å²) < 4.78 is 29.5. The summed E-state index contributed by atoms with van der Waals surface area (Å²) in [4.78, 5) is 12.3. The van der Waals surface area contributed by atoms with E-state index in [1.807, 2.05) is 6.07 Å². The van der Waals surface area contributed by atoms with Crippen LogP contribution in [-0.4, -0.2) is 25.0 Å². The highest BCUT2D eigenvalue weighted by Gasteiger charge is 2.51. The Kier molecular flexibility index (Phi) is 4.73. The smallest absolute Gasteiger partial charge is 0.349 e. The number of benzene rings is 1. The van der Waals surface area contributed by atoms with Crippen molar-refractivity contribution in [2.24, 2.45) is 0 Å². The number of ether oxygens (including phenoxy) is 3. The highest BCUT2D eigenvalue weighted by molar-refractivity contribution is 7.77. The fourth-order valence-electron chi connectivity index (χ4n) is 2.24. The lowest BCUT2D eigenvalue weighted by molar-refractivity contribution is -0.138. The maximum atomic E-state index is 13.5. The van der Waals surface area contributed by atoms with Crippen LogP contribution in [0.3, 0.4) is 0 Å². The summed E-state index contributed by atoms with van der Waals surface area (Å²) in [6, 6.07) is 8.85. The molecule has 2 unspecified atom stereocenters. The fraction of sp³-hybridized carbons (Fsp3) is 0.400. The Bertz CT molecular complexity index is 593. The van der Waals surface area contributed by atoms with Gasteiger partial charge in [-0.3, -0.25) is 0 Å². The first-order valence-electron chi connectivity index (χ1n) is 6.92. The van der Waals surface area contributed by atoms with E-state index < -0.39 is 19.0 Å². The summed E-state index contributed by atoms with van der Waals surface area (Å²) in [6.45, 7) is 5.67. The van der Waals surface area contributed by atoms with E-state index in [2.05, 4.69) is 0 Å². The van der Waals surface area contributed by atoms with E-state index in [1.54, 1.807) is 45.0 Å². The molecular weight excluding hydrogens is 291 g/mol. The third-order valence-corrected chi connectivity index (χ3v) is 6.42. The maximum absolute atomic E-state index is 13.5. The second-order valence-electron chi connectivity index (χ2n) is 4.50. The zero-order valence-electron chi connectivity index (χ0n) is 12.4. The van der Waals surface area contributed by atoms with Crippen LogP contribution in [0.2, 0.25) is 0 Å². The van der Waals surface area contributed by atoms with Crippen molar-refractivity contribution in [3.8, 4) is 0 Å². The van der Waals surface area contributed by atoms with Crippen molar-refractivity contribution >= 4 is 18.4 Å². The number of carbonyl (C=O) groups is 1. The van der Waals surface area contributed by atoms with Crippen LogP contribution in [0.5, 0.6) is 0 Å². The molecule has 6 heteroatoms. The summed E-state index contributed by atoms with van der Waals surface area (Å²) >= 11 is 0. The Hall–Kier alpha value is -1.74. The molecule has 114 valence electrons. The lowest BCUT2D eigenvalue weighted by atomic mass is 10.4. The first kappa shape index (κ1) is 15.6. The predicted molar refractivity (Wildman–Crippen MR) is 79.5 cm³/mol. The van der Waals surface area contributed by atoms with Gasteiger partial charge in [-0.1, -0.05) is 30.3 Å². The molecule has 0 aromatic heterocycles. The molecular formula is C15H19O5P. The highest BCUT2D eigenvalue weighted by atomic mass is 31.2. The largest absolute Gasteiger partial charge is 0.465 e. The van der Waals surface area contributed by atoms with Crippen LogP contribution in [0.15, 0.2) is 41.6 Å². The lowest BCUT2D eigenvalue weighted by Gasteiger charge is -2.17. The molecule has 0 aliphatic carbocycles. The molecule has 0 amide bonds. The SMILES string of the molecule is CCOC(=O)C1=C(OCC)OC(C)P1(=O)c1ccccc1. The Morgan fingerprint density at radius 1 is 1.24 bits per heavy atom. The molecule has 21 heavy (non-hydrogen) atoms. The number of esters is 1. The zero-order chi connectivity index (χ0) is 15.5. The van der Waals surface area contributed by atoms with Gasteiger partial charge in [0.2, 0.25) is 0 Å². The van der Waals surface area contributed by atoms with E-state index >= 15 is 0 Å². The molecule has 0 saturated carbocycles. The molecule has 1 aromatic carbocycles. The number of hydrogen-bond acceptors (Lipinski definition) is 5. The molecule has 1 heterocycles. The van der Waals surface area contributed by atoms with Crippen molar-refractivity contribution < 1.29 is 23.6 Å². The van der Waals surface area contributed by atoms with Crippen molar-refractivity contribution in [3.63, 3.8) is 0 Å². The Morgan fingerprint density at radius 3 is 2.48 bits per heavy atom. The van der Waals surface area contributed by atoms with Crippen molar-refractivity contribution in [2.45, 2.75) is 26.6 Å². The van der Waals surface area contributed by atoms with Gasteiger partial charge in [-0.05, 0) is 20.8 Å². The molecule has 0 N–H and O–H groups in total. The number of carbonyl (C=O) groups excluding carboxylic acids is 1. The van der Waals surface area contributed by atoms with E-state index in [4.69, 9.17) is 14.2 Å². The third-order valence-electron chi connectivity index (χ3n) is 3.20. The van der Waals surface area contributed by atoms with Gasteiger partial charge >= 0.3 is 5.97 Å². The summed E-state index contributed by atoms with van der Waals surface area (Å²) in [7, 11) is -3.24. The van der Waals surface area contributed by atoms with E-state index in [0.29, 0.717) is 11.9 Å². The molecule has 2 rings (SSSR count). The third kappa shape index (κ3) is 2.70. The summed E-state index contributed by atoms with van der Waals surface area (Å²) in [5.41, 5.74) is 0. The minimum atomic E-state index is -3.24. The predicted octanol–water partition coefficient (Wildman–Crippen LogP) is 2.82. The Balaban J connectivity index is 2.56. The van der Waals surface area contributed by atoms with Crippen molar-refractivity contribution in [1.82, 2.24) is 0 Å². The normalized spacial score (nSPS) is 24.6. The van der Waals surface area contributed by atoms with Gasteiger partial charge in [0.05, 0.1) is 13.2 Å². The fourth-order valence-corrected chi connectivity index (χ4v) is 4.87. The Morgan fingerprint density at radius 2 is 1.90 bits per heavy atom. The van der Waals surface area contributed by atoms with Crippen LogP contribution in [0.4, 0.5) is 0 Å². The van der Waals surface area contributed by atoms with Gasteiger partial charge in [-0.25, -0.2) is 4.79 Å². The molecule has 0 bridgehead atoms. The van der Waals surface area contributed by atoms with Gasteiger partial charge in [-0.2, -0.15) is 0 Å². The molecule has 1 aromatic rings. The highest BCUT2D eigenvalue weighted by Crippen LogP contribution is 2.63. The molecule has 2 atom stereocenters. The standard InChI is InChI=1S/C15H19O5P/c1-4-18-14(16)13-15(19-5-2)20-11(3)21(13,17)12-9-7-6-8-10-12/h6-11H,4-5H2,1-3H3. The van der Waals surface area contributed by atoms with Crippen LogP contribution >= 0.6 is 7.14 Å². The van der Waals surface area contributed by atoms with Crippen LogP contribution in [0.1, 0.15) is 20.8 Å². The Labute approximate surface area is 124 Å². The quantitative estimate of drug-likeness (QED) is 0.618. The summed E-state index contributed by atoms with van der Waals surface area (Å²) in [5.74, 6) is -1.27. The average molecular weight is 310 g/mol. The summed E-state index contributed by atoms with van der Waals surface area (Å²) in [6.07, 6.45) is 0. The van der Waals surface area contributed by atoms with Gasteiger partial charge in [0, 0.05) is 5.30 Å². The molecule has 0 radical (unpaired) electrons. The topological polar surface area (TPSA) is 61.8 Å². The van der Waals surface area contributed by atoms with Crippen molar-refractivity contribution in [2.75, 3.05) is 13.2 Å². The average Bonchev–Trinajstić information content (AvgIpc) is 2.73. The molecule has 1 aliphatic heterocycles. The molecule has 0 saturated heterocycles. The van der Waals surface area contributed by atoms with Gasteiger partial charge in [0.1, 0.15) is 0 Å². The first-order chi connectivity index (χ1) is 10.1. The van der Waals surface area contributed by atoms with Gasteiger partial charge < -0.3 is 18.8 Å². The van der Waals surface area contributed by atoms with Crippen molar-refractivity contribution in [1.29, 1.82) is 0 Å². The van der Waals surface area contributed by atoms with E-state index in [1.165, 1.54) is 0 Å². The van der Waals surface area contributed by atoms with Gasteiger partial charge in [0.15, 0.2) is 18.3 Å². The monoisotopic (exact) mass is 310 g/mol. The van der Waals surface area contributed by atoms with Crippen LogP contribution in [0.25, 0.3) is 0 Å². The molecule has 0 spiro atoms. The molecule has 1 aliphatic rings. The lowest BCUT2D eigenvalue weighted by Crippen LogP contribution is -2.17. The molecule has 5 nitrogen and oxygen atoms in total. The van der Waals surface area contributed by atoms with E-state index in [0.717, 1.165) is 0 Å². The van der Waals surface area contributed by atoms with Crippen LogP contribution in [-0.2, 0) is 23.6 Å². The van der Waals surface area contributed by atoms with E-state index in [9.17, 15) is 9.36 Å². The number of hydrogen-bond donors (Lipinski definition) is 0. The minimum Gasteiger partial charge on any atom is -0.465 e. The van der Waals surface area contributed by atoms with Crippen molar-refractivity contribution in [3.05, 3.63) is 41.6 Å². The minimum absolute atomic E-state index is 0.0184. The first-order valence-corrected chi connectivity index (χ1v) is 8.70. The van der Waals surface area contributed by atoms with E-state index in [-0.39, 0.29) is 17.9 Å². The molecule has 0 fully saturated rings. The van der Waals surface area contributed by atoms with Crippen LogP contribution < -0.4 is 5.30 Å². The summed E-state index contributed by atoms with van der Waals surface area (Å²) in [5, 5.41) is 0.583. The second kappa shape index (κ2) is 6.35. The van der Waals surface area contributed by atoms with Gasteiger partial charge in [-0.15, -0.1) is 0 Å².